The van der Waals surface area contributed by atoms with Gasteiger partial charge in [0.25, 0.3) is 5.91 Å². The number of piperidine rings is 1. The minimum absolute atomic E-state index is 0.143. The molecule has 2 atom stereocenters. The van der Waals surface area contributed by atoms with E-state index in [9.17, 15) is 14.7 Å². The number of aromatic amines is 1. The van der Waals surface area contributed by atoms with Crippen LogP contribution in [-0.4, -0.2) is 40.1 Å². The largest absolute Gasteiger partial charge is 0.391 e. The van der Waals surface area contributed by atoms with Gasteiger partial charge in [0.2, 0.25) is 5.43 Å². The number of aryl methyl sites for hydroxylation is 2. The fraction of sp³-hybridized carbons (Fsp3) is 0.444. The second kappa shape index (κ2) is 5.81. The van der Waals surface area contributed by atoms with Gasteiger partial charge in [0, 0.05) is 24.7 Å². The zero-order valence-corrected chi connectivity index (χ0v) is 13.7. The number of hydrogen-bond donors (Lipinski definition) is 2. The molecule has 0 radical (unpaired) electrons. The molecule has 1 aromatic carbocycles. The number of hydrogen-bond acceptors (Lipinski definition) is 3. The summed E-state index contributed by atoms with van der Waals surface area (Å²) in [5.41, 5.74) is 2.64. The van der Waals surface area contributed by atoms with Crippen molar-refractivity contribution >= 4 is 16.8 Å². The van der Waals surface area contributed by atoms with Crippen molar-refractivity contribution in [1.29, 1.82) is 0 Å². The van der Waals surface area contributed by atoms with Crippen molar-refractivity contribution in [2.24, 2.45) is 5.92 Å². The van der Waals surface area contributed by atoms with E-state index in [4.69, 9.17) is 0 Å². The Morgan fingerprint density at radius 1 is 1.35 bits per heavy atom. The number of pyridine rings is 1. The first kappa shape index (κ1) is 15.7. The van der Waals surface area contributed by atoms with E-state index in [1.165, 1.54) is 6.20 Å². The van der Waals surface area contributed by atoms with Crippen molar-refractivity contribution < 1.29 is 9.90 Å². The molecule has 122 valence electrons. The first-order chi connectivity index (χ1) is 10.9. The third-order valence-electron chi connectivity index (χ3n) is 4.77. The zero-order chi connectivity index (χ0) is 16.7. The number of β-amino-alcohol motifs (C(OH)–C–C–N with tert-alkyl or cyclic N) is 1. The number of amides is 1. The third kappa shape index (κ3) is 2.77. The lowest BCUT2D eigenvalue weighted by Crippen LogP contribution is -2.46. The van der Waals surface area contributed by atoms with Crippen LogP contribution in [0, 0.1) is 19.8 Å². The highest BCUT2D eigenvalue weighted by molar-refractivity contribution is 5.97. The van der Waals surface area contributed by atoms with Crippen molar-refractivity contribution in [3.05, 3.63) is 45.2 Å². The van der Waals surface area contributed by atoms with E-state index in [-0.39, 0.29) is 29.4 Å². The number of nitrogens with one attached hydrogen (secondary N) is 1. The Labute approximate surface area is 134 Å². The topological polar surface area (TPSA) is 73.4 Å². The Hall–Kier alpha value is -2.14. The SMILES string of the molecule is Cc1cc(C)c2[nH]cc(C(=O)N3CC[C@H](C)[C@@H](O)C3)c(=O)c2c1. The number of aromatic nitrogens is 1. The highest BCUT2D eigenvalue weighted by atomic mass is 16.3. The van der Waals surface area contributed by atoms with E-state index >= 15 is 0 Å². The van der Waals surface area contributed by atoms with Crippen LogP contribution in [0.1, 0.15) is 34.8 Å². The number of carbonyl (C=O) groups excluding carboxylic acids is 1. The van der Waals surface area contributed by atoms with Gasteiger partial charge >= 0.3 is 0 Å². The van der Waals surface area contributed by atoms with Crippen molar-refractivity contribution in [3.8, 4) is 0 Å². The monoisotopic (exact) mass is 314 g/mol. The average Bonchev–Trinajstić information content (AvgIpc) is 2.50. The molecule has 0 aliphatic carbocycles. The van der Waals surface area contributed by atoms with Gasteiger partial charge in [0.1, 0.15) is 5.56 Å². The predicted molar refractivity (Wildman–Crippen MR) is 89.7 cm³/mol. The van der Waals surface area contributed by atoms with Gasteiger partial charge in [-0.1, -0.05) is 13.0 Å². The molecule has 5 heteroatoms. The summed E-state index contributed by atoms with van der Waals surface area (Å²) in [6, 6.07) is 3.81. The fourth-order valence-electron chi connectivity index (χ4n) is 3.26. The van der Waals surface area contributed by atoms with Crippen LogP contribution in [0.2, 0.25) is 0 Å². The molecule has 2 aromatic rings. The predicted octanol–water partition coefficient (Wildman–Crippen LogP) is 1.99. The van der Waals surface area contributed by atoms with Gasteiger partial charge in [-0.05, 0) is 43.4 Å². The molecule has 1 amide bonds. The molecule has 1 saturated heterocycles. The lowest BCUT2D eigenvalue weighted by atomic mass is 9.95. The standard InChI is InChI=1S/C18H22N2O3/c1-10-6-12(3)16-13(7-10)17(22)14(8-19-16)18(23)20-5-4-11(2)15(21)9-20/h6-8,11,15,21H,4-5,9H2,1-3H3,(H,19,22)/t11-,15-/m0/s1. The first-order valence-electron chi connectivity index (χ1n) is 7.98. The maximum atomic E-state index is 12.7. The number of benzene rings is 1. The molecule has 5 nitrogen and oxygen atoms in total. The molecular weight excluding hydrogens is 292 g/mol. The summed E-state index contributed by atoms with van der Waals surface area (Å²) in [7, 11) is 0. The van der Waals surface area contributed by atoms with E-state index in [0.717, 1.165) is 23.1 Å². The minimum Gasteiger partial charge on any atom is -0.391 e. The molecule has 2 N–H and O–H groups in total. The summed E-state index contributed by atoms with van der Waals surface area (Å²) in [6.07, 6.45) is 1.72. The molecule has 1 fully saturated rings. The van der Waals surface area contributed by atoms with Gasteiger partial charge < -0.3 is 15.0 Å². The zero-order valence-electron chi connectivity index (χ0n) is 13.7. The number of H-pyrrole nitrogens is 1. The van der Waals surface area contributed by atoms with Crippen LogP contribution in [0.4, 0.5) is 0 Å². The molecule has 0 unspecified atom stereocenters. The lowest BCUT2D eigenvalue weighted by molar-refractivity contribution is 0.0248. The molecule has 1 aromatic heterocycles. The number of rotatable bonds is 1. The van der Waals surface area contributed by atoms with Crippen LogP contribution in [-0.2, 0) is 0 Å². The van der Waals surface area contributed by atoms with Crippen molar-refractivity contribution in [2.45, 2.75) is 33.3 Å². The third-order valence-corrected chi connectivity index (χ3v) is 4.77. The first-order valence-corrected chi connectivity index (χ1v) is 7.98. The van der Waals surface area contributed by atoms with Crippen molar-refractivity contribution in [2.75, 3.05) is 13.1 Å². The Morgan fingerprint density at radius 2 is 2.09 bits per heavy atom. The summed E-state index contributed by atoms with van der Waals surface area (Å²) in [5.74, 6) is -0.127. The molecule has 1 aliphatic heterocycles. The van der Waals surface area contributed by atoms with Gasteiger partial charge in [0.15, 0.2) is 0 Å². The summed E-state index contributed by atoms with van der Waals surface area (Å²) >= 11 is 0. The van der Waals surface area contributed by atoms with Gasteiger partial charge in [-0.3, -0.25) is 9.59 Å². The molecule has 0 saturated carbocycles. The van der Waals surface area contributed by atoms with Crippen LogP contribution in [0.15, 0.2) is 23.1 Å². The molecule has 3 rings (SSSR count). The summed E-state index contributed by atoms with van der Waals surface area (Å²) in [4.78, 5) is 30.1. The second-order valence-corrected chi connectivity index (χ2v) is 6.62. The van der Waals surface area contributed by atoms with Gasteiger partial charge in [-0.2, -0.15) is 0 Å². The minimum atomic E-state index is -0.531. The van der Waals surface area contributed by atoms with Crippen LogP contribution in [0.3, 0.4) is 0 Å². The maximum absolute atomic E-state index is 12.7. The number of aliphatic hydroxyl groups excluding tert-OH is 1. The molecule has 1 aliphatic rings. The molecule has 0 spiro atoms. The Bertz CT molecular complexity index is 825. The Balaban J connectivity index is 2.02. The maximum Gasteiger partial charge on any atom is 0.259 e. The smallest absolute Gasteiger partial charge is 0.259 e. The summed E-state index contributed by atoms with van der Waals surface area (Å²) in [6.45, 7) is 6.70. The molecule has 2 heterocycles. The van der Waals surface area contributed by atoms with Crippen molar-refractivity contribution in [3.63, 3.8) is 0 Å². The summed E-state index contributed by atoms with van der Waals surface area (Å²) in [5, 5.41) is 10.5. The number of fused-ring (bicyclic) bond motifs is 1. The molecule has 23 heavy (non-hydrogen) atoms. The number of carbonyl (C=O) groups is 1. The summed E-state index contributed by atoms with van der Waals surface area (Å²) < 4.78 is 0. The molecule has 0 bridgehead atoms. The number of likely N-dealkylation sites (tertiary alicyclic amines) is 1. The van der Waals surface area contributed by atoms with Crippen LogP contribution >= 0.6 is 0 Å². The van der Waals surface area contributed by atoms with E-state index in [0.29, 0.717) is 11.9 Å². The average molecular weight is 314 g/mol. The van der Waals surface area contributed by atoms with Crippen LogP contribution in [0.5, 0.6) is 0 Å². The molecular formula is C18H22N2O3. The fourth-order valence-corrected chi connectivity index (χ4v) is 3.26. The normalized spacial score (nSPS) is 21.7. The highest BCUT2D eigenvalue weighted by Crippen LogP contribution is 2.20. The van der Waals surface area contributed by atoms with Gasteiger partial charge in [0.05, 0.1) is 11.6 Å². The van der Waals surface area contributed by atoms with E-state index in [1.54, 1.807) is 4.90 Å². The lowest BCUT2D eigenvalue weighted by Gasteiger charge is -2.34. The van der Waals surface area contributed by atoms with E-state index < -0.39 is 6.10 Å². The van der Waals surface area contributed by atoms with Gasteiger partial charge in [-0.15, -0.1) is 0 Å². The quantitative estimate of drug-likeness (QED) is 0.845. The number of aliphatic hydroxyl groups is 1. The Morgan fingerprint density at radius 3 is 2.78 bits per heavy atom. The van der Waals surface area contributed by atoms with Crippen LogP contribution in [0.25, 0.3) is 10.9 Å². The van der Waals surface area contributed by atoms with E-state index in [1.807, 2.05) is 32.9 Å². The van der Waals surface area contributed by atoms with E-state index in [2.05, 4.69) is 4.98 Å². The second-order valence-electron chi connectivity index (χ2n) is 6.62. The highest BCUT2D eigenvalue weighted by Gasteiger charge is 2.29. The van der Waals surface area contributed by atoms with Crippen molar-refractivity contribution in [1.82, 2.24) is 9.88 Å². The Kier molecular flexibility index (Phi) is 3.98. The van der Waals surface area contributed by atoms with Gasteiger partial charge in [-0.25, -0.2) is 0 Å². The number of nitrogens with zero attached hydrogens (tertiary/aromatic N) is 1. The van der Waals surface area contributed by atoms with Crippen LogP contribution < -0.4 is 5.43 Å².